The van der Waals surface area contributed by atoms with Crippen molar-refractivity contribution >= 4 is 0 Å². The van der Waals surface area contributed by atoms with Crippen LogP contribution < -0.4 is 5.73 Å². The van der Waals surface area contributed by atoms with Gasteiger partial charge in [-0.25, -0.2) is 4.98 Å². The molecular formula is C10H12N4. The summed E-state index contributed by atoms with van der Waals surface area (Å²) in [6, 6.07) is 3.88. The van der Waals surface area contributed by atoms with E-state index < -0.39 is 0 Å². The van der Waals surface area contributed by atoms with Gasteiger partial charge in [0.15, 0.2) is 0 Å². The van der Waals surface area contributed by atoms with Crippen LogP contribution in [0.4, 0.5) is 0 Å². The Morgan fingerprint density at radius 3 is 2.86 bits per heavy atom. The second kappa shape index (κ2) is 3.59. The zero-order valence-electron chi connectivity index (χ0n) is 8.01. The lowest BCUT2D eigenvalue weighted by Crippen LogP contribution is -2.04. The van der Waals surface area contributed by atoms with Crippen molar-refractivity contribution in [2.24, 2.45) is 12.8 Å². The number of pyridine rings is 1. The van der Waals surface area contributed by atoms with E-state index in [0.717, 1.165) is 17.1 Å². The Hall–Kier alpha value is -1.68. The molecule has 2 N–H and O–H groups in total. The van der Waals surface area contributed by atoms with Crippen LogP contribution in [0.15, 0.2) is 30.7 Å². The van der Waals surface area contributed by atoms with E-state index in [9.17, 15) is 0 Å². The largest absolute Gasteiger partial charge is 0.330 e. The topological polar surface area (TPSA) is 56.7 Å². The minimum atomic E-state index is 0.504. The molecule has 0 aliphatic heterocycles. The fourth-order valence-electron chi connectivity index (χ4n) is 1.40. The summed E-state index contributed by atoms with van der Waals surface area (Å²) >= 11 is 0. The molecule has 4 nitrogen and oxygen atoms in total. The zero-order valence-corrected chi connectivity index (χ0v) is 8.01. The van der Waals surface area contributed by atoms with Gasteiger partial charge in [0, 0.05) is 31.5 Å². The first kappa shape index (κ1) is 8.90. The van der Waals surface area contributed by atoms with Crippen LogP contribution in [0.2, 0.25) is 0 Å². The SMILES string of the molecule is Cn1c(CN)cnc1-c1cccnc1. The summed E-state index contributed by atoms with van der Waals surface area (Å²) in [5.41, 5.74) is 7.59. The van der Waals surface area contributed by atoms with E-state index in [1.807, 2.05) is 23.7 Å². The van der Waals surface area contributed by atoms with Gasteiger partial charge in [0.05, 0.1) is 11.9 Å². The number of aromatic nitrogens is 3. The Kier molecular flexibility index (Phi) is 2.28. The molecule has 14 heavy (non-hydrogen) atoms. The number of hydrogen-bond donors (Lipinski definition) is 1. The van der Waals surface area contributed by atoms with Crippen molar-refractivity contribution in [1.82, 2.24) is 14.5 Å². The molecule has 0 fully saturated rings. The second-order valence-electron chi connectivity index (χ2n) is 3.08. The van der Waals surface area contributed by atoms with Gasteiger partial charge in [0.2, 0.25) is 0 Å². The fraction of sp³-hybridized carbons (Fsp3) is 0.200. The molecule has 2 aromatic rings. The summed E-state index contributed by atoms with van der Waals surface area (Å²) in [7, 11) is 1.96. The molecule has 0 saturated carbocycles. The summed E-state index contributed by atoms with van der Waals surface area (Å²) in [5, 5.41) is 0. The molecule has 0 spiro atoms. The third kappa shape index (κ3) is 1.40. The summed E-state index contributed by atoms with van der Waals surface area (Å²) < 4.78 is 1.98. The minimum Gasteiger partial charge on any atom is -0.330 e. The molecule has 0 aliphatic carbocycles. The van der Waals surface area contributed by atoms with Crippen LogP contribution in [0.3, 0.4) is 0 Å². The first-order chi connectivity index (χ1) is 6.83. The molecule has 4 heteroatoms. The molecule has 0 atom stereocenters. The van der Waals surface area contributed by atoms with Crippen LogP contribution in [0.25, 0.3) is 11.4 Å². The molecule has 0 saturated heterocycles. The van der Waals surface area contributed by atoms with Crippen LogP contribution in [0.5, 0.6) is 0 Å². The third-order valence-corrected chi connectivity index (χ3v) is 2.21. The maximum atomic E-state index is 5.57. The third-order valence-electron chi connectivity index (χ3n) is 2.21. The van der Waals surface area contributed by atoms with Gasteiger partial charge in [-0.1, -0.05) is 0 Å². The molecule has 72 valence electrons. The maximum absolute atomic E-state index is 5.57. The average molecular weight is 188 g/mol. The van der Waals surface area contributed by atoms with Crippen LogP contribution >= 0.6 is 0 Å². The van der Waals surface area contributed by atoms with Crippen molar-refractivity contribution in [2.75, 3.05) is 0 Å². The minimum absolute atomic E-state index is 0.504. The first-order valence-corrected chi connectivity index (χ1v) is 4.44. The van der Waals surface area contributed by atoms with E-state index in [1.54, 1.807) is 18.6 Å². The molecule has 2 heterocycles. The summed E-state index contributed by atoms with van der Waals surface area (Å²) in [6.07, 6.45) is 5.33. The lowest BCUT2D eigenvalue weighted by Gasteiger charge is -2.03. The number of nitrogens with zero attached hydrogens (tertiary/aromatic N) is 3. The molecule has 2 aromatic heterocycles. The predicted molar refractivity (Wildman–Crippen MR) is 54.3 cm³/mol. The quantitative estimate of drug-likeness (QED) is 0.763. The normalized spacial score (nSPS) is 10.4. The van der Waals surface area contributed by atoms with Gasteiger partial charge in [0.25, 0.3) is 0 Å². The standard InChI is InChI=1S/C10H12N4/c1-14-9(5-11)7-13-10(14)8-3-2-4-12-6-8/h2-4,6-7H,5,11H2,1H3. The Balaban J connectivity index is 2.48. The highest BCUT2D eigenvalue weighted by molar-refractivity contribution is 5.54. The first-order valence-electron chi connectivity index (χ1n) is 4.44. The predicted octanol–water partition coefficient (Wildman–Crippen LogP) is 0.941. The molecule has 2 rings (SSSR count). The smallest absolute Gasteiger partial charge is 0.141 e. The lowest BCUT2D eigenvalue weighted by molar-refractivity contribution is 0.828. The fourth-order valence-corrected chi connectivity index (χ4v) is 1.40. The Labute approximate surface area is 82.4 Å². The maximum Gasteiger partial charge on any atom is 0.141 e. The molecule has 0 bridgehead atoms. The van der Waals surface area contributed by atoms with Gasteiger partial charge >= 0.3 is 0 Å². The highest BCUT2D eigenvalue weighted by Gasteiger charge is 2.06. The van der Waals surface area contributed by atoms with Crippen molar-refractivity contribution in [3.05, 3.63) is 36.4 Å². The van der Waals surface area contributed by atoms with Crippen molar-refractivity contribution in [2.45, 2.75) is 6.54 Å². The number of nitrogens with two attached hydrogens (primary N) is 1. The Morgan fingerprint density at radius 1 is 1.43 bits per heavy atom. The molecular weight excluding hydrogens is 176 g/mol. The van der Waals surface area contributed by atoms with E-state index in [-0.39, 0.29) is 0 Å². The number of hydrogen-bond acceptors (Lipinski definition) is 3. The summed E-state index contributed by atoms with van der Waals surface area (Å²) in [6.45, 7) is 0.504. The highest BCUT2D eigenvalue weighted by Crippen LogP contribution is 2.16. The summed E-state index contributed by atoms with van der Waals surface area (Å²) in [4.78, 5) is 8.35. The highest BCUT2D eigenvalue weighted by atomic mass is 15.1. The Morgan fingerprint density at radius 2 is 2.29 bits per heavy atom. The van der Waals surface area contributed by atoms with Crippen LogP contribution in [-0.2, 0) is 13.6 Å². The van der Waals surface area contributed by atoms with Crippen molar-refractivity contribution in [1.29, 1.82) is 0 Å². The average Bonchev–Trinajstić information content (AvgIpc) is 2.61. The van der Waals surface area contributed by atoms with E-state index >= 15 is 0 Å². The zero-order chi connectivity index (χ0) is 9.97. The van der Waals surface area contributed by atoms with Gasteiger partial charge in [-0.2, -0.15) is 0 Å². The van der Waals surface area contributed by atoms with Gasteiger partial charge in [-0.15, -0.1) is 0 Å². The van der Waals surface area contributed by atoms with Gasteiger partial charge < -0.3 is 10.3 Å². The van der Waals surface area contributed by atoms with E-state index in [4.69, 9.17) is 5.73 Å². The molecule has 0 radical (unpaired) electrons. The molecule has 0 amide bonds. The van der Waals surface area contributed by atoms with Gasteiger partial charge in [-0.05, 0) is 12.1 Å². The monoisotopic (exact) mass is 188 g/mol. The molecule has 0 aliphatic rings. The van der Waals surface area contributed by atoms with Gasteiger partial charge in [0.1, 0.15) is 5.82 Å². The van der Waals surface area contributed by atoms with Crippen molar-refractivity contribution in [3.8, 4) is 11.4 Å². The van der Waals surface area contributed by atoms with Crippen LogP contribution in [0, 0.1) is 0 Å². The lowest BCUT2D eigenvalue weighted by atomic mass is 10.3. The van der Waals surface area contributed by atoms with E-state index in [1.165, 1.54) is 0 Å². The molecule has 0 aromatic carbocycles. The number of rotatable bonds is 2. The van der Waals surface area contributed by atoms with E-state index in [2.05, 4.69) is 9.97 Å². The molecule has 0 unspecified atom stereocenters. The number of imidazole rings is 1. The second-order valence-corrected chi connectivity index (χ2v) is 3.08. The van der Waals surface area contributed by atoms with E-state index in [0.29, 0.717) is 6.54 Å². The Bertz CT molecular complexity index is 419. The van der Waals surface area contributed by atoms with Gasteiger partial charge in [-0.3, -0.25) is 4.98 Å². The van der Waals surface area contributed by atoms with Crippen LogP contribution in [-0.4, -0.2) is 14.5 Å². The van der Waals surface area contributed by atoms with Crippen molar-refractivity contribution < 1.29 is 0 Å². The summed E-state index contributed by atoms with van der Waals surface area (Å²) in [5.74, 6) is 0.901. The van der Waals surface area contributed by atoms with Crippen LogP contribution in [0.1, 0.15) is 5.69 Å². The van der Waals surface area contributed by atoms with Crippen molar-refractivity contribution in [3.63, 3.8) is 0 Å².